The molecule has 0 aliphatic carbocycles. The quantitative estimate of drug-likeness (QED) is 0.722. The fraction of sp³-hybridized carbons (Fsp3) is 0.500. The van der Waals surface area contributed by atoms with Gasteiger partial charge in [-0.3, -0.25) is 9.59 Å². The lowest BCUT2D eigenvalue weighted by Gasteiger charge is -2.24. The fourth-order valence-corrected chi connectivity index (χ4v) is 3.08. The van der Waals surface area contributed by atoms with Gasteiger partial charge in [-0.1, -0.05) is 11.6 Å². The van der Waals surface area contributed by atoms with Crippen LogP contribution in [-0.4, -0.2) is 38.0 Å². The van der Waals surface area contributed by atoms with Gasteiger partial charge in [-0.25, -0.2) is 8.42 Å². The fourth-order valence-electron chi connectivity index (χ4n) is 1.76. The zero-order chi connectivity index (χ0) is 19.4. The topological polar surface area (TPSA) is 102 Å². The molecule has 7 nitrogen and oxygen atoms in total. The molecule has 0 spiro atoms. The Morgan fingerprint density at radius 3 is 2.12 bits per heavy atom. The maximum atomic E-state index is 12.2. The molecule has 1 amide bonds. The van der Waals surface area contributed by atoms with E-state index in [9.17, 15) is 18.0 Å². The van der Waals surface area contributed by atoms with Gasteiger partial charge in [0.25, 0.3) is 5.91 Å². The Kier molecular flexibility index (Phi) is 6.99. The summed E-state index contributed by atoms with van der Waals surface area (Å²) in [5.41, 5.74) is -0.473. The number of benzene rings is 1. The molecule has 140 valence electrons. The number of halogens is 1. The van der Waals surface area contributed by atoms with Crippen LogP contribution in [0.25, 0.3) is 0 Å². The van der Waals surface area contributed by atoms with E-state index in [1.54, 1.807) is 20.8 Å². The second-order valence-electron chi connectivity index (χ2n) is 6.62. The van der Waals surface area contributed by atoms with Gasteiger partial charge < -0.3 is 10.1 Å². The Balaban J connectivity index is 2.70. The van der Waals surface area contributed by atoms with E-state index in [1.807, 2.05) is 0 Å². The lowest BCUT2D eigenvalue weighted by molar-refractivity contribution is -0.156. The molecule has 0 aliphatic rings. The van der Waals surface area contributed by atoms with Crippen molar-refractivity contribution in [3.05, 3.63) is 29.3 Å². The third-order valence-electron chi connectivity index (χ3n) is 2.97. The van der Waals surface area contributed by atoms with E-state index >= 15 is 0 Å². The Bertz CT molecular complexity index is 726. The van der Waals surface area contributed by atoms with Gasteiger partial charge in [0, 0.05) is 10.6 Å². The predicted molar refractivity (Wildman–Crippen MR) is 94.7 cm³/mol. The highest BCUT2D eigenvalue weighted by atomic mass is 35.5. The van der Waals surface area contributed by atoms with Crippen LogP contribution in [0.15, 0.2) is 29.2 Å². The summed E-state index contributed by atoms with van der Waals surface area (Å²) in [4.78, 5) is 23.9. The maximum Gasteiger partial charge on any atom is 0.324 e. The minimum Gasteiger partial charge on any atom is -0.451 e. The van der Waals surface area contributed by atoms with E-state index in [0.717, 1.165) is 0 Å². The Hall–Kier alpha value is -1.64. The van der Waals surface area contributed by atoms with E-state index in [1.165, 1.54) is 38.1 Å². The molecule has 0 saturated carbocycles. The van der Waals surface area contributed by atoms with Crippen molar-refractivity contribution in [1.29, 1.82) is 0 Å². The van der Waals surface area contributed by atoms with Crippen molar-refractivity contribution in [1.82, 2.24) is 10.0 Å². The standard InChI is InChI=1S/C16H23ClN2O5S/c1-10(15(21)24-11(2)14(20)18-16(3,4)5)19-25(22,23)13-8-6-12(17)7-9-13/h6-11,19H,1-5H3,(H,18,20)/t10-,11+/m0/s1. The number of nitrogens with one attached hydrogen (secondary N) is 2. The van der Waals surface area contributed by atoms with Crippen LogP contribution in [0.4, 0.5) is 0 Å². The zero-order valence-corrected chi connectivity index (χ0v) is 16.4. The number of amides is 1. The third kappa shape index (κ3) is 7.01. The molecular weight excluding hydrogens is 368 g/mol. The summed E-state index contributed by atoms with van der Waals surface area (Å²) >= 11 is 5.72. The van der Waals surface area contributed by atoms with Gasteiger partial charge in [0.15, 0.2) is 6.10 Å². The number of ether oxygens (including phenoxy) is 1. The van der Waals surface area contributed by atoms with Gasteiger partial charge in [-0.05, 0) is 58.9 Å². The monoisotopic (exact) mass is 390 g/mol. The van der Waals surface area contributed by atoms with Crippen LogP contribution in [0.3, 0.4) is 0 Å². The van der Waals surface area contributed by atoms with Crippen molar-refractivity contribution in [2.75, 3.05) is 0 Å². The molecule has 0 aromatic heterocycles. The van der Waals surface area contributed by atoms with Gasteiger partial charge in [-0.15, -0.1) is 0 Å². The minimum atomic E-state index is -3.92. The molecule has 9 heteroatoms. The van der Waals surface area contributed by atoms with Gasteiger partial charge in [0.05, 0.1) is 4.90 Å². The molecule has 0 fully saturated rings. The average molecular weight is 391 g/mol. The van der Waals surface area contributed by atoms with Crippen molar-refractivity contribution in [3.63, 3.8) is 0 Å². The summed E-state index contributed by atoms with van der Waals surface area (Å²) in [5.74, 6) is -1.32. The number of carbonyl (C=O) groups is 2. The molecule has 1 aromatic rings. The summed E-state index contributed by atoms with van der Waals surface area (Å²) in [6.07, 6.45) is -1.05. The van der Waals surface area contributed by atoms with Gasteiger partial charge >= 0.3 is 5.97 Å². The van der Waals surface area contributed by atoms with Crippen LogP contribution in [0, 0.1) is 0 Å². The summed E-state index contributed by atoms with van der Waals surface area (Å²) in [6.45, 7) is 8.14. The van der Waals surface area contributed by atoms with Crippen molar-refractivity contribution in [3.8, 4) is 0 Å². The molecule has 2 atom stereocenters. The normalized spacial score (nSPS) is 14.5. The Morgan fingerprint density at radius 2 is 1.64 bits per heavy atom. The average Bonchev–Trinajstić information content (AvgIpc) is 2.45. The highest BCUT2D eigenvalue weighted by Crippen LogP contribution is 2.14. The van der Waals surface area contributed by atoms with E-state index in [4.69, 9.17) is 16.3 Å². The highest BCUT2D eigenvalue weighted by molar-refractivity contribution is 7.89. The number of hydrogen-bond acceptors (Lipinski definition) is 5. The molecule has 2 N–H and O–H groups in total. The predicted octanol–water partition coefficient (Wildman–Crippen LogP) is 1.85. The summed E-state index contributed by atoms with van der Waals surface area (Å²) in [7, 11) is -3.92. The summed E-state index contributed by atoms with van der Waals surface area (Å²) in [6, 6.07) is 4.34. The lowest BCUT2D eigenvalue weighted by atomic mass is 10.1. The smallest absolute Gasteiger partial charge is 0.324 e. The van der Waals surface area contributed by atoms with Crippen LogP contribution >= 0.6 is 11.6 Å². The van der Waals surface area contributed by atoms with E-state index in [-0.39, 0.29) is 4.90 Å². The van der Waals surface area contributed by atoms with E-state index in [2.05, 4.69) is 10.0 Å². The number of sulfonamides is 1. The van der Waals surface area contributed by atoms with Crippen LogP contribution in [0.5, 0.6) is 0 Å². The molecule has 0 heterocycles. The maximum absolute atomic E-state index is 12.2. The SMILES string of the molecule is C[C@H](NS(=O)(=O)c1ccc(Cl)cc1)C(=O)O[C@H](C)C(=O)NC(C)(C)C. The van der Waals surface area contributed by atoms with Gasteiger partial charge in [0.1, 0.15) is 6.04 Å². The number of carbonyl (C=O) groups excluding carboxylic acids is 2. The molecular formula is C16H23ClN2O5S. The van der Waals surface area contributed by atoms with Crippen LogP contribution in [0.2, 0.25) is 5.02 Å². The van der Waals surface area contributed by atoms with Crippen molar-refractivity contribution in [2.45, 2.75) is 57.2 Å². The first-order chi connectivity index (χ1) is 11.3. The Labute approximate surface area is 153 Å². The largest absolute Gasteiger partial charge is 0.451 e. The molecule has 25 heavy (non-hydrogen) atoms. The molecule has 0 aliphatic heterocycles. The summed E-state index contributed by atoms with van der Waals surface area (Å²) in [5, 5.41) is 3.07. The van der Waals surface area contributed by atoms with E-state index in [0.29, 0.717) is 5.02 Å². The van der Waals surface area contributed by atoms with Crippen molar-refractivity contribution in [2.24, 2.45) is 0 Å². The Morgan fingerprint density at radius 1 is 1.12 bits per heavy atom. The van der Waals surface area contributed by atoms with E-state index < -0.39 is 39.6 Å². The lowest BCUT2D eigenvalue weighted by Crippen LogP contribution is -2.48. The number of hydrogen-bond donors (Lipinski definition) is 2. The minimum absolute atomic E-state index is 0.0323. The van der Waals surface area contributed by atoms with Crippen molar-refractivity contribution < 1.29 is 22.7 Å². The van der Waals surface area contributed by atoms with Crippen molar-refractivity contribution >= 4 is 33.5 Å². The first kappa shape index (κ1) is 21.4. The first-order valence-corrected chi connectivity index (χ1v) is 9.48. The van der Waals surface area contributed by atoms with Crippen LogP contribution in [-0.2, 0) is 24.3 Å². The first-order valence-electron chi connectivity index (χ1n) is 7.62. The molecule has 0 unspecified atom stereocenters. The van der Waals surface area contributed by atoms with Crippen LogP contribution < -0.4 is 10.0 Å². The third-order valence-corrected chi connectivity index (χ3v) is 4.78. The zero-order valence-electron chi connectivity index (χ0n) is 14.8. The molecule has 1 rings (SSSR count). The second kappa shape index (κ2) is 8.16. The van der Waals surface area contributed by atoms with Gasteiger partial charge in [-0.2, -0.15) is 4.72 Å². The summed E-state index contributed by atoms with van der Waals surface area (Å²) < 4.78 is 31.7. The van der Waals surface area contributed by atoms with Crippen LogP contribution in [0.1, 0.15) is 34.6 Å². The number of esters is 1. The highest BCUT2D eigenvalue weighted by Gasteiger charge is 2.27. The van der Waals surface area contributed by atoms with Gasteiger partial charge in [0.2, 0.25) is 10.0 Å². The second-order valence-corrected chi connectivity index (χ2v) is 8.77. The molecule has 0 radical (unpaired) electrons. The number of rotatable bonds is 6. The molecule has 0 saturated heterocycles. The molecule has 0 bridgehead atoms. The molecule has 1 aromatic carbocycles.